The van der Waals surface area contributed by atoms with Gasteiger partial charge in [0.15, 0.2) is 0 Å². The summed E-state index contributed by atoms with van der Waals surface area (Å²) in [5.74, 6) is -0.834. The van der Waals surface area contributed by atoms with Crippen molar-refractivity contribution >= 4 is 6.08 Å². The van der Waals surface area contributed by atoms with Crippen molar-refractivity contribution in [3.63, 3.8) is 0 Å². The average Bonchev–Trinajstić information content (AvgIpc) is 2.11. The van der Waals surface area contributed by atoms with Crippen LogP contribution in [0.15, 0.2) is 24.3 Å². The van der Waals surface area contributed by atoms with Gasteiger partial charge in [-0.15, -0.1) is 0 Å². The molecule has 0 amide bonds. The fourth-order valence-electron chi connectivity index (χ4n) is 0.946. The highest BCUT2D eigenvalue weighted by molar-refractivity contribution is 5.50. The van der Waals surface area contributed by atoms with Gasteiger partial charge in [0.1, 0.15) is 11.6 Å². The molecule has 0 heterocycles. The Morgan fingerprint density at radius 1 is 1.38 bits per heavy atom. The third-order valence-electron chi connectivity index (χ3n) is 1.58. The molecular weight excluding hydrogens is 172 g/mol. The normalized spacial score (nSPS) is 11.0. The Morgan fingerprint density at radius 3 is 2.85 bits per heavy atom. The van der Waals surface area contributed by atoms with Crippen LogP contribution in [-0.2, 0) is 0 Å². The highest BCUT2D eigenvalue weighted by Gasteiger charge is 1.98. The zero-order valence-corrected chi connectivity index (χ0v) is 7.35. The fraction of sp³-hybridized carbons (Fsp3) is 0.200. The Bertz CT molecular complexity index is 308. The first-order valence-corrected chi connectivity index (χ1v) is 4.00. The van der Waals surface area contributed by atoms with Gasteiger partial charge >= 0.3 is 0 Å². The van der Waals surface area contributed by atoms with Gasteiger partial charge in [-0.05, 0) is 25.2 Å². The number of hydrogen-bond donors (Lipinski definition) is 1. The first-order valence-electron chi connectivity index (χ1n) is 4.00. The van der Waals surface area contributed by atoms with Gasteiger partial charge in [0.2, 0.25) is 0 Å². The van der Waals surface area contributed by atoms with Crippen LogP contribution in [0.5, 0.6) is 0 Å². The second-order valence-corrected chi connectivity index (χ2v) is 2.63. The molecule has 0 saturated heterocycles. The minimum absolute atomic E-state index is 0.273. The lowest BCUT2D eigenvalue weighted by Crippen LogP contribution is -2.03. The van der Waals surface area contributed by atoms with E-state index in [4.69, 9.17) is 0 Å². The van der Waals surface area contributed by atoms with Gasteiger partial charge in [0, 0.05) is 12.1 Å². The van der Waals surface area contributed by atoms with E-state index < -0.39 is 11.6 Å². The molecule has 0 spiro atoms. The Labute approximate surface area is 76.1 Å². The molecule has 13 heavy (non-hydrogen) atoms. The zero-order valence-electron chi connectivity index (χ0n) is 7.35. The summed E-state index contributed by atoms with van der Waals surface area (Å²) in [5.41, 5.74) is 0.273. The van der Waals surface area contributed by atoms with Gasteiger partial charge in [-0.3, -0.25) is 0 Å². The van der Waals surface area contributed by atoms with Gasteiger partial charge in [-0.2, -0.15) is 0 Å². The molecule has 0 saturated carbocycles. The molecule has 0 aromatic heterocycles. The van der Waals surface area contributed by atoms with Crippen molar-refractivity contribution in [2.45, 2.75) is 0 Å². The monoisotopic (exact) mass is 183 g/mol. The van der Waals surface area contributed by atoms with E-state index in [9.17, 15) is 8.78 Å². The predicted molar refractivity (Wildman–Crippen MR) is 49.3 cm³/mol. The van der Waals surface area contributed by atoms with Crippen LogP contribution >= 0.6 is 0 Å². The van der Waals surface area contributed by atoms with Gasteiger partial charge < -0.3 is 5.32 Å². The highest BCUT2D eigenvalue weighted by Crippen LogP contribution is 2.10. The van der Waals surface area contributed by atoms with Crippen molar-refractivity contribution in [2.75, 3.05) is 13.6 Å². The summed E-state index contributed by atoms with van der Waals surface area (Å²) in [7, 11) is 1.78. The summed E-state index contributed by atoms with van der Waals surface area (Å²) >= 11 is 0. The van der Waals surface area contributed by atoms with Crippen LogP contribution in [-0.4, -0.2) is 13.6 Å². The number of hydrogen-bond acceptors (Lipinski definition) is 1. The largest absolute Gasteiger partial charge is 0.316 e. The van der Waals surface area contributed by atoms with E-state index in [0.29, 0.717) is 6.54 Å². The molecule has 1 aromatic rings. The number of rotatable bonds is 3. The van der Waals surface area contributed by atoms with Crippen molar-refractivity contribution in [3.05, 3.63) is 41.5 Å². The predicted octanol–water partition coefficient (Wildman–Crippen LogP) is 2.20. The van der Waals surface area contributed by atoms with E-state index in [1.165, 1.54) is 6.07 Å². The molecule has 3 heteroatoms. The third-order valence-corrected chi connectivity index (χ3v) is 1.58. The molecule has 70 valence electrons. The smallest absolute Gasteiger partial charge is 0.130 e. The molecule has 0 radical (unpaired) electrons. The van der Waals surface area contributed by atoms with E-state index in [1.807, 2.05) is 0 Å². The maximum absolute atomic E-state index is 13.0. The summed E-state index contributed by atoms with van der Waals surface area (Å²) in [6.07, 6.45) is 3.28. The lowest BCUT2D eigenvalue weighted by atomic mass is 10.2. The van der Waals surface area contributed by atoms with E-state index in [2.05, 4.69) is 5.32 Å². The SMILES string of the molecule is CNC/C=C/c1cc(F)ccc1F. The summed E-state index contributed by atoms with van der Waals surface area (Å²) in [6.45, 7) is 0.635. The maximum atomic E-state index is 13.0. The zero-order chi connectivity index (χ0) is 9.68. The molecule has 0 bridgehead atoms. The van der Waals surface area contributed by atoms with Gasteiger partial charge in [0.25, 0.3) is 0 Å². The van der Waals surface area contributed by atoms with Crippen LogP contribution in [0.1, 0.15) is 5.56 Å². The van der Waals surface area contributed by atoms with Crippen molar-refractivity contribution < 1.29 is 8.78 Å². The van der Waals surface area contributed by atoms with E-state index in [1.54, 1.807) is 19.2 Å². The van der Waals surface area contributed by atoms with Gasteiger partial charge in [-0.1, -0.05) is 12.2 Å². The van der Waals surface area contributed by atoms with Gasteiger partial charge in [-0.25, -0.2) is 8.78 Å². The number of nitrogens with one attached hydrogen (secondary N) is 1. The second kappa shape index (κ2) is 4.72. The van der Waals surface area contributed by atoms with Crippen LogP contribution in [0.25, 0.3) is 6.08 Å². The molecule has 1 rings (SSSR count). The van der Waals surface area contributed by atoms with Crippen LogP contribution in [0, 0.1) is 11.6 Å². The Kier molecular flexibility index (Phi) is 3.58. The summed E-state index contributed by atoms with van der Waals surface area (Å²) in [6, 6.07) is 3.39. The first-order chi connectivity index (χ1) is 6.24. The minimum atomic E-state index is -0.425. The summed E-state index contributed by atoms with van der Waals surface area (Å²) < 4.78 is 25.6. The van der Waals surface area contributed by atoms with Crippen molar-refractivity contribution in [3.8, 4) is 0 Å². The quantitative estimate of drug-likeness (QED) is 0.757. The van der Waals surface area contributed by atoms with Crippen molar-refractivity contribution in [1.82, 2.24) is 5.32 Å². The second-order valence-electron chi connectivity index (χ2n) is 2.63. The van der Waals surface area contributed by atoms with Crippen LogP contribution in [0.3, 0.4) is 0 Å². The van der Waals surface area contributed by atoms with E-state index in [-0.39, 0.29) is 5.56 Å². The third kappa shape index (κ3) is 2.95. The number of likely N-dealkylation sites (N-methyl/N-ethyl adjacent to an activating group) is 1. The van der Waals surface area contributed by atoms with Gasteiger partial charge in [0.05, 0.1) is 0 Å². The minimum Gasteiger partial charge on any atom is -0.316 e. The topological polar surface area (TPSA) is 12.0 Å². The molecule has 1 aromatic carbocycles. The first kappa shape index (κ1) is 9.86. The highest BCUT2D eigenvalue weighted by atomic mass is 19.1. The van der Waals surface area contributed by atoms with Crippen LogP contribution in [0.4, 0.5) is 8.78 Å². The standard InChI is InChI=1S/C10H11F2N/c1-13-6-2-3-8-7-9(11)4-5-10(8)12/h2-5,7,13H,6H2,1H3/b3-2+. The van der Waals surface area contributed by atoms with Crippen molar-refractivity contribution in [2.24, 2.45) is 0 Å². The fourth-order valence-corrected chi connectivity index (χ4v) is 0.946. The van der Waals surface area contributed by atoms with E-state index in [0.717, 1.165) is 12.1 Å². The Hall–Kier alpha value is -1.22. The lowest BCUT2D eigenvalue weighted by Gasteiger charge is -1.96. The Morgan fingerprint density at radius 2 is 2.15 bits per heavy atom. The average molecular weight is 183 g/mol. The van der Waals surface area contributed by atoms with Crippen LogP contribution < -0.4 is 5.32 Å². The summed E-state index contributed by atoms with van der Waals surface area (Å²) in [4.78, 5) is 0. The molecule has 0 aliphatic rings. The van der Waals surface area contributed by atoms with E-state index >= 15 is 0 Å². The molecule has 0 atom stereocenters. The lowest BCUT2D eigenvalue weighted by molar-refractivity contribution is 0.598. The molecule has 0 aliphatic carbocycles. The molecule has 0 aliphatic heterocycles. The number of benzene rings is 1. The number of halogens is 2. The molecule has 1 nitrogen and oxygen atoms in total. The molecule has 0 unspecified atom stereocenters. The van der Waals surface area contributed by atoms with Crippen LogP contribution in [0.2, 0.25) is 0 Å². The molecule has 0 fully saturated rings. The molecule has 1 N–H and O–H groups in total. The summed E-state index contributed by atoms with van der Waals surface area (Å²) in [5, 5.41) is 2.87. The maximum Gasteiger partial charge on any atom is 0.130 e. The molecular formula is C10H11F2N. The van der Waals surface area contributed by atoms with Crippen molar-refractivity contribution in [1.29, 1.82) is 0 Å². The Balaban J connectivity index is 2.81.